The molecule has 3 aromatic rings. The van der Waals surface area contributed by atoms with Crippen LogP contribution >= 0.6 is 11.6 Å². The SMILES string of the molecule is O=C(O)c1ccc(Cl)cc1Oc1ccc2n[nH]c(=O)n2n1. The maximum absolute atomic E-state index is 11.4. The van der Waals surface area contributed by atoms with Gasteiger partial charge in [-0.25, -0.2) is 14.7 Å². The van der Waals surface area contributed by atoms with Crippen molar-refractivity contribution < 1.29 is 14.6 Å². The van der Waals surface area contributed by atoms with Crippen LogP contribution in [0.5, 0.6) is 11.6 Å². The van der Waals surface area contributed by atoms with Crippen LogP contribution in [0.15, 0.2) is 35.1 Å². The van der Waals surface area contributed by atoms with Gasteiger partial charge in [-0.3, -0.25) is 0 Å². The number of nitrogens with one attached hydrogen (secondary N) is 1. The van der Waals surface area contributed by atoms with Gasteiger partial charge in [-0.15, -0.1) is 5.10 Å². The number of aromatic amines is 1. The Balaban J connectivity index is 2.05. The van der Waals surface area contributed by atoms with Crippen molar-refractivity contribution in [1.29, 1.82) is 0 Å². The molecule has 0 saturated heterocycles. The van der Waals surface area contributed by atoms with E-state index in [4.69, 9.17) is 21.4 Å². The minimum Gasteiger partial charge on any atom is -0.478 e. The van der Waals surface area contributed by atoms with Gasteiger partial charge in [0.05, 0.1) is 0 Å². The van der Waals surface area contributed by atoms with E-state index in [2.05, 4.69) is 15.3 Å². The third-order valence-corrected chi connectivity index (χ3v) is 2.87. The third-order valence-electron chi connectivity index (χ3n) is 2.64. The Morgan fingerprint density at radius 2 is 2.14 bits per heavy atom. The molecule has 0 radical (unpaired) electrons. The lowest BCUT2D eigenvalue weighted by atomic mass is 10.2. The van der Waals surface area contributed by atoms with Gasteiger partial charge in [0.25, 0.3) is 0 Å². The van der Waals surface area contributed by atoms with Crippen molar-refractivity contribution >= 4 is 23.2 Å². The van der Waals surface area contributed by atoms with Crippen molar-refractivity contribution in [1.82, 2.24) is 19.8 Å². The number of fused-ring (bicyclic) bond motifs is 1. The van der Waals surface area contributed by atoms with E-state index in [1.165, 1.54) is 30.3 Å². The number of halogens is 1. The molecule has 8 nitrogen and oxygen atoms in total. The summed E-state index contributed by atoms with van der Waals surface area (Å²) in [6, 6.07) is 7.08. The van der Waals surface area contributed by atoms with Crippen LogP contribution in [-0.2, 0) is 0 Å². The molecule has 0 aliphatic carbocycles. The molecular formula is C12H7ClN4O4. The lowest BCUT2D eigenvalue weighted by molar-refractivity contribution is 0.0694. The first kappa shape index (κ1) is 13.1. The highest BCUT2D eigenvalue weighted by molar-refractivity contribution is 6.30. The number of ether oxygens (including phenoxy) is 1. The van der Waals surface area contributed by atoms with Crippen molar-refractivity contribution in [2.75, 3.05) is 0 Å². The van der Waals surface area contributed by atoms with Crippen molar-refractivity contribution in [2.24, 2.45) is 0 Å². The minimum atomic E-state index is -1.16. The number of aromatic carboxylic acids is 1. The molecule has 0 bridgehead atoms. The Hall–Kier alpha value is -2.87. The van der Waals surface area contributed by atoms with E-state index in [9.17, 15) is 9.59 Å². The molecule has 0 saturated carbocycles. The van der Waals surface area contributed by atoms with Crippen molar-refractivity contribution in [3.8, 4) is 11.6 Å². The summed E-state index contributed by atoms with van der Waals surface area (Å²) in [4.78, 5) is 22.6. The van der Waals surface area contributed by atoms with E-state index < -0.39 is 11.7 Å². The molecular weight excluding hydrogens is 300 g/mol. The smallest absolute Gasteiger partial charge is 0.364 e. The number of rotatable bonds is 3. The predicted molar refractivity (Wildman–Crippen MR) is 72.1 cm³/mol. The van der Waals surface area contributed by atoms with E-state index in [0.29, 0.717) is 10.7 Å². The zero-order valence-corrected chi connectivity index (χ0v) is 11.0. The summed E-state index contributed by atoms with van der Waals surface area (Å²) in [5, 5.41) is 19.3. The van der Waals surface area contributed by atoms with E-state index in [1.54, 1.807) is 0 Å². The van der Waals surface area contributed by atoms with Gasteiger partial charge < -0.3 is 9.84 Å². The number of carboxylic acid groups (broad SMARTS) is 1. The highest BCUT2D eigenvalue weighted by Gasteiger charge is 2.14. The first-order valence-electron chi connectivity index (χ1n) is 5.70. The number of H-pyrrole nitrogens is 1. The Kier molecular flexibility index (Phi) is 3.07. The molecule has 0 atom stereocenters. The van der Waals surface area contributed by atoms with E-state index in [0.717, 1.165) is 4.52 Å². The molecule has 3 rings (SSSR count). The zero-order valence-electron chi connectivity index (χ0n) is 10.3. The van der Waals surface area contributed by atoms with Crippen LogP contribution < -0.4 is 10.4 Å². The van der Waals surface area contributed by atoms with E-state index in [-0.39, 0.29) is 17.2 Å². The fourth-order valence-corrected chi connectivity index (χ4v) is 1.87. The topological polar surface area (TPSA) is 110 Å². The first-order chi connectivity index (χ1) is 10.0. The van der Waals surface area contributed by atoms with Gasteiger partial charge in [0.1, 0.15) is 11.3 Å². The average molecular weight is 307 g/mol. The van der Waals surface area contributed by atoms with E-state index >= 15 is 0 Å². The molecule has 0 spiro atoms. The Bertz CT molecular complexity index is 902. The standard InChI is InChI=1S/C12H7ClN4O4/c13-6-1-2-7(11(18)19)8(5-6)21-10-4-3-9-14-15-12(20)17(9)16-10/h1-5H,(H,15,20)(H,18,19). The second-order valence-corrected chi connectivity index (χ2v) is 4.45. The summed E-state index contributed by atoms with van der Waals surface area (Å²) in [5.74, 6) is -1.10. The fraction of sp³-hybridized carbons (Fsp3) is 0. The quantitative estimate of drug-likeness (QED) is 0.760. The monoisotopic (exact) mass is 306 g/mol. The van der Waals surface area contributed by atoms with Gasteiger partial charge in [-0.2, -0.15) is 9.61 Å². The second kappa shape index (κ2) is 4.91. The molecule has 0 fully saturated rings. The largest absolute Gasteiger partial charge is 0.478 e. The third kappa shape index (κ3) is 2.43. The summed E-state index contributed by atoms with van der Waals surface area (Å²) in [5.41, 5.74) is -0.280. The Morgan fingerprint density at radius 1 is 1.33 bits per heavy atom. The molecule has 0 amide bonds. The number of nitrogens with zero attached hydrogens (tertiary/aromatic N) is 3. The second-order valence-electron chi connectivity index (χ2n) is 4.02. The maximum Gasteiger partial charge on any atom is 0.364 e. The molecule has 1 aromatic carbocycles. The van der Waals surface area contributed by atoms with Gasteiger partial charge in [0, 0.05) is 17.2 Å². The van der Waals surface area contributed by atoms with Gasteiger partial charge >= 0.3 is 11.7 Å². The van der Waals surface area contributed by atoms with Crippen molar-refractivity contribution in [2.45, 2.75) is 0 Å². The predicted octanol–water partition coefficient (Wildman–Crippen LogP) is 1.56. The summed E-state index contributed by atoms with van der Waals surface area (Å²) in [6.45, 7) is 0. The average Bonchev–Trinajstić information content (AvgIpc) is 2.80. The van der Waals surface area contributed by atoms with Crippen LogP contribution in [0.4, 0.5) is 0 Å². The summed E-state index contributed by atoms with van der Waals surface area (Å²) < 4.78 is 6.41. The van der Waals surface area contributed by atoms with Crippen LogP contribution in [0.2, 0.25) is 5.02 Å². The molecule has 0 aliphatic rings. The summed E-state index contributed by atoms with van der Waals surface area (Å²) >= 11 is 5.83. The van der Waals surface area contributed by atoms with Crippen LogP contribution in [-0.4, -0.2) is 30.9 Å². The van der Waals surface area contributed by atoms with Crippen LogP contribution in [0.1, 0.15) is 10.4 Å². The highest BCUT2D eigenvalue weighted by Crippen LogP contribution is 2.27. The lowest BCUT2D eigenvalue weighted by Gasteiger charge is -2.08. The number of aromatic nitrogens is 4. The maximum atomic E-state index is 11.4. The van der Waals surface area contributed by atoms with Gasteiger partial charge in [0.2, 0.25) is 5.88 Å². The molecule has 2 aromatic heterocycles. The van der Waals surface area contributed by atoms with Crippen LogP contribution in [0.25, 0.3) is 5.65 Å². The molecule has 0 aliphatic heterocycles. The minimum absolute atomic E-state index is 0.0263. The molecule has 2 N–H and O–H groups in total. The van der Waals surface area contributed by atoms with Gasteiger partial charge in [-0.1, -0.05) is 11.6 Å². The number of carboxylic acids is 1. The molecule has 0 unspecified atom stereocenters. The van der Waals surface area contributed by atoms with Gasteiger partial charge in [0.15, 0.2) is 5.65 Å². The highest BCUT2D eigenvalue weighted by atomic mass is 35.5. The van der Waals surface area contributed by atoms with Crippen LogP contribution in [0.3, 0.4) is 0 Å². The Morgan fingerprint density at radius 3 is 2.90 bits per heavy atom. The molecule has 2 heterocycles. The molecule has 21 heavy (non-hydrogen) atoms. The number of hydrogen-bond acceptors (Lipinski definition) is 5. The van der Waals surface area contributed by atoms with Gasteiger partial charge in [-0.05, 0) is 18.2 Å². The molecule has 106 valence electrons. The summed E-state index contributed by atoms with van der Waals surface area (Å²) in [6.07, 6.45) is 0. The van der Waals surface area contributed by atoms with Crippen LogP contribution in [0, 0.1) is 0 Å². The van der Waals surface area contributed by atoms with Crippen molar-refractivity contribution in [3.63, 3.8) is 0 Å². The van der Waals surface area contributed by atoms with E-state index in [1.807, 2.05) is 0 Å². The lowest BCUT2D eigenvalue weighted by Crippen LogP contribution is -2.12. The number of hydrogen-bond donors (Lipinski definition) is 2. The van der Waals surface area contributed by atoms with Crippen molar-refractivity contribution in [3.05, 3.63) is 51.4 Å². The first-order valence-corrected chi connectivity index (χ1v) is 6.07. The summed E-state index contributed by atoms with van der Waals surface area (Å²) in [7, 11) is 0. The zero-order chi connectivity index (χ0) is 15.0. The normalized spacial score (nSPS) is 10.7. The number of carbonyl (C=O) groups is 1. The number of benzene rings is 1. The fourth-order valence-electron chi connectivity index (χ4n) is 1.71. The molecule has 9 heteroatoms. The Labute approximate surface area is 121 Å².